The normalized spacial score (nSPS) is 16.1. The molecular weight excluding hydrogens is 278 g/mol. The molecule has 0 unspecified atom stereocenters. The van der Waals surface area contributed by atoms with E-state index < -0.39 is 5.97 Å². The summed E-state index contributed by atoms with van der Waals surface area (Å²) in [6, 6.07) is 4.88. The Hall–Kier alpha value is -1.52. The summed E-state index contributed by atoms with van der Waals surface area (Å²) in [5.41, 5.74) is 0.979. The lowest BCUT2D eigenvalue weighted by Crippen LogP contribution is -2.37. The minimum atomic E-state index is -0.929. The van der Waals surface area contributed by atoms with Crippen LogP contribution in [-0.2, 0) is 4.74 Å². The predicted molar refractivity (Wildman–Crippen MR) is 79.8 cm³/mol. The summed E-state index contributed by atoms with van der Waals surface area (Å²) in [6.07, 6.45) is 3.71. The number of aromatic carboxylic acids is 1. The Bertz CT molecular complexity index is 496. The number of hydrogen-bond acceptors (Lipinski definition) is 3. The van der Waals surface area contributed by atoms with E-state index in [1.807, 2.05) is 0 Å². The van der Waals surface area contributed by atoms with Crippen molar-refractivity contribution in [3.05, 3.63) is 41.4 Å². The first-order valence-electron chi connectivity index (χ1n) is 6.62. The van der Waals surface area contributed by atoms with Crippen molar-refractivity contribution in [2.75, 3.05) is 24.6 Å². The van der Waals surface area contributed by atoms with Gasteiger partial charge in [-0.2, -0.15) is 0 Å². The molecular formula is C15H18ClNO3. The number of nitrogens with zero attached hydrogens (tertiary/aromatic N) is 1. The summed E-state index contributed by atoms with van der Waals surface area (Å²) in [5.74, 6) is -0.929. The number of carboxylic acid groups (broad SMARTS) is 1. The number of benzene rings is 1. The van der Waals surface area contributed by atoms with Crippen LogP contribution in [0.5, 0.6) is 0 Å². The maximum Gasteiger partial charge on any atom is 0.337 e. The van der Waals surface area contributed by atoms with Gasteiger partial charge in [0.15, 0.2) is 0 Å². The lowest BCUT2D eigenvalue weighted by Gasteiger charge is -2.34. The first-order chi connectivity index (χ1) is 9.61. The summed E-state index contributed by atoms with van der Waals surface area (Å²) < 4.78 is 5.63. The summed E-state index contributed by atoms with van der Waals surface area (Å²) in [7, 11) is 0. The molecule has 0 saturated carbocycles. The second kappa shape index (κ2) is 6.77. The highest BCUT2D eigenvalue weighted by atomic mass is 35.5. The van der Waals surface area contributed by atoms with Crippen LogP contribution in [0.1, 0.15) is 23.2 Å². The molecule has 1 fully saturated rings. The second-order valence-electron chi connectivity index (χ2n) is 4.78. The van der Waals surface area contributed by atoms with E-state index in [2.05, 4.69) is 11.5 Å². The monoisotopic (exact) mass is 295 g/mol. The van der Waals surface area contributed by atoms with Crippen molar-refractivity contribution in [2.24, 2.45) is 0 Å². The number of carboxylic acids is 1. The molecule has 5 heteroatoms. The van der Waals surface area contributed by atoms with Gasteiger partial charge in [-0.15, -0.1) is 6.58 Å². The molecule has 1 aromatic carbocycles. The Balaban J connectivity index is 2.08. The molecule has 20 heavy (non-hydrogen) atoms. The van der Waals surface area contributed by atoms with Crippen molar-refractivity contribution < 1.29 is 14.6 Å². The smallest absolute Gasteiger partial charge is 0.337 e. The Morgan fingerprint density at radius 2 is 2.20 bits per heavy atom. The summed E-state index contributed by atoms with van der Waals surface area (Å²) in [4.78, 5) is 13.3. The van der Waals surface area contributed by atoms with E-state index >= 15 is 0 Å². The first kappa shape index (κ1) is 14.9. The van der Waals surface area contributed by atoms with Crippen LogP contribution in [0, 0.1) is 0 Å². The molecule has 0 spiro atoms. The molecule has 1 aliphatic rings. The van der Waals surface area contributed by atoms with Crippen LogP contribution < -0.4 is 4.90 Å². The standard InChI is InChI=1S/C15H18ClNO3/c1-2-9-20-12-5-7-17(8-6-12)14-10-11(16)3-4-13(14)15(18)19/h2-4,10,12H,1,5-9H2,(H,18,19). The topological polar surface area (TPSA) is 49.8 Å². The molecule has 0 atom stereocenters. The Kier molecular flexibility index (Phi) is 5.04. The van der Waals surface area contributed by atoms with Gasteiger partial charge in [0.25, 0.3) is 0 Å². The number of carbonyl (C=O) groups is 1. The zero-order chi connectivity index (χ0) is 14.5. The van der Waals surface area contributed by atoms with Crippen molar-refractivity contribution in [1.29, 1.82) is 0 Å². The Labute approximate surface area is 123 Å². The molecule has 0 radical (unpaired) electrons. The van der Waals surface area contributed by atoms with Crippen molar-refractivity contribution in [2.45, 2.75) is 18.9 Å². The molecule has 1 aromatic rings. The number of halogens is 1. The van der Waals surface area contributed by atoms with Crippen LogP contribution in [-0.4, -0.2) is 36.9 Å². The van der Waals surface area contributed by atoms with Crippen LogP contribution in [0.3, 0.4) is 0 Å². The van der Waals surface area contributed by atoms with Crippen molar-refractivity contribution >= 4 is 23.3 Å². The predicted octanol–water partition coefficient (Wildman–Crippen LogP) is 3.21. The highest BCUT2D eigenvalue weighted by Crippen LogP contribution is 2.28. The molecule has 108 valence electrons. The third-order valence-electron chi connectivity index (χ3n) is 3.42. The highest BCUT2D eigenvalue weighted by molar-refractivity contribution is 6.31. The van der Waals surface area contributed by atoms with Gasteiger partial charge in [0.2, 0.25) is 0 Å². The minimum absolute atomic E-state index is 0.219. The van der Waals surface area contributed by atoms with E-state index in [-0.39, 0.29) is 6.10 Å². The van der Waals surface area contributed by atoms with Crippen LogP contribution in [0.4, 0.5) is 5.69 Å². The molecule has 1 heterocycles. The molecule has 4 nitrogen and oxygen atoms in total. The molecule has 0 bridgehead atoms. The fourth-order valence-electron chi connectivity index (χ4n) is 2.41. The fourth-order valence-corrected chi connectivity index (χ4v) is 2.58. The van der Waals surface area contributed by atoms with E-state index in [4.69, 9.17) is 16.3 Å². The fraction of sp³-hybridized carbons (Fsp3) is 0.400. The number of ether oxygens (including phenoxy) is 1. The van der Waals surface area contributed by atoms with Gasteiger partial charge in [0, 0.05) is 18.1 Å². The third kappa shape index (κ3) is 3.52. The quantitative estimate of drug-likeness (QED) is 0.848. The van der Waals surface area contributed by atoms with Gasteiger partial charge in [-0.05, 0) is 31.0 Å². The number of piperidine rings is 1. The maximum absolute atomic E-state index is 11.3. The van der Waals surface area contributed by atoms with E-state index in [0.717, 1.165) is 25.9 Å². The van der Waals surface area contributed by atoms with Crippen LogP contribution >= 0.6 is 11.6 Å². The van der Waals surface area contributed by atoms with Crippen LogP contribution in [0.25, 0.3) is 0 Å². The highest BCUT2D eigenvalue weighted by Gasteiger charge is 2.23. The number of rotatable bonds is 5. The van der Waals surface area contributed by atoms with Gasteiger partial charge < -0.3 is 14.7 Å². The SMILES string of the molecule is C=CCOC1CCN(c2cc(Cl)ccc2C(=O)O)CC1. The average molecular weight is 296 g/mol. The lowest BCUT2D eigenvalue weighted by atomic mass is 10.0. The zero-order valence-electron chi connectivity index (χ0n) is 11.2. The molecule has 0 aliphatic carbocycles. The molecule has 2 rings (SSSR count). The third-order valence-corrected chi connectivity index (χ3v) is 3.66. The molecule has 1 aliphatic heterocycles. The second-order valence-corrected chi connectivity index (χ2v) is 5.21. The van der Waals surface area contributed by atoms with E-state index in [0.29, 0.717) is 22.9 Å². The maximum atomic E-state index is 11.3. The molecule has 1 N–H and O–H groups in total. The van der Waals surface area contributed by atoms with E-state index in [1.54, 1.807) is 24.3 Å². The van der Waals surface area contributed by atoms with Gasteiger partial charge >= 0.3 is 5.97 Å². The molecule has 0 aromatic heterocycles. The Morgan fingerprint density at radius 3 is 2.80 bits per heavy atom. The van der Waals surface area contributed by atoms with Crippen LogP contribution in [0.15, 0.2) is 30.9 Å². The largest absolute Gasteiger partial charge is 0.478 e. The summed E-state index contributed by atoms with van der Waals surface area (Å²) in [5, 5.41) is 9.80. The average Bonchev–Trinajstić information content (AvgIpc) is 2.45. The van der Waals surface area contributed by atoms with Crippen molar-refractivity contribution in [3.8, 4) is 0 Å². The Morgan fingerprint density at radius 1 is 1.50 bits per heavy atom. The van der Waals surface area contributed by atoms with Gasteiger partial charge in [0.05, 0.1) is 24.0 Å². The summed E-state index contributed by atoms with van der Waals surface area (Å²) in [6.45, 7) is 5.72. The van der Waals surface area contributed by atoms with Gasteiger partial charge in [-0.3, -0.25) is 0 Å². The van der Waals surface area contributed by atoms with E-state index in [9.17, 15) is 9.90 Å². The summed E-state index contributed by atoms with van der Waals surface area (Å²) >= 11 is 5.98. The van der Waals surface area contributed by atoms with Crippen molar-refractivity contribution in [3.63, 3.8) is 0 Å². The first-order valence-corrected chi connectivity index (χ1v) is 7.00. The van der Waals surface area contributed by atoms with Gasteiger partial charge in [0.1, 0.15) is 0 Å². The lowest BCUT2D eigenvalue weighted by molar-refractivity contribution is 0.0562. The number of hydrogen-bond donors (Lipinski definition) is 1. The van der Waals surface area contributed by atoms with Gasteiger partial charge in [-0.1, -0.05) is 17.7 Å². The van der Waals surface area contributed by atoms with Crippen LogP contribution in [0.2, 0.25) is 5.02 Å². The molecule has 0 amide bonds. The zero-order valence-corrected chi connectivity index (χ0v) is 12.0. The van der Waals surface area contributed by atoms with E-state index in [1.165, 1.54) is 0 Å². The number of anilines is 1. The van der Waals surface area contributed by atoms with Crippen molar-refractivity contribution in [1.82, 2.24) is 0 Å². The molecule has 1 saturated heterocycles. The van der Waals surface area contributed by atoms with Gasteiger partial charge in [-0.25, -0.2) is 4.79 Å². The minimum Gasteiger partial charge on any atom is -0.478 e.